The van der Waals surface area contributed by atoms with Crippen molar-refractivity contribution in [2.24, 2.45) is 0 Å². The molecule has 7 nitrogen and oxygen atoms in total. The lowest BCUT2D eigenvalue weighted by atomic mass is 9.98. The SMILES string of the molecule is O=C(O)CCCNC(=O)c1cc(F)cc(NC(=O)OCC2c3ccccc3-c3ccccc32)c1. The Balaban J connectivity index is 1.38. The quantitative estimate of drug-likeness (QED) is 0.418. The second-order valence-electron chi connectivity index (χ2n) is 7.93. The van der Waals surface area contributed by atoms with Crippen LogP contribution >= 0.6 is 0 Å². The molecule has 0 aliphatic heterocycles. The number of carboxylic acids is 1. The summed E-state index contributed by atoms with van der Waals surface area (Å²) >= 11 is 0. The van der Waals surface area contributed by atoms with E-state index in [0.29, 0.717) is 0 Å². The molecule has 0 heterocycles. The monoisotopic (exact) mass is 462 g/mol. The summed E-state index contributed by atoms with van der Waals surface area (Å²) in [6.45, 7) is 0.239. The number of amides is 2. The number of hydrogen-bond donors (Lipinski definition) is 3. The number of fused-ring (bicyclic) bond motifs is 3. The van der Waals surface area contributed by atoms with E-state index in [1.54, 1.807) is 0 Å². The van der Waals surface area contributed by atoms with Crippen LogP contribution in [0.2, 0.25) is 0 Å². The van der Waals surface area contributed by atoms with Crippen LogP contribution in [0.15, 0.2) is 66.7 Å². The minimum absolute atomic E-state index is 0.00396. The number of hydrogen-bond acceptors (Lipinski definition) is 4. The number of carbonyl (C=O) groups excluding carboxylic acids is 2. The molecule has 0 spiro atoms. The lowest BCUT2D eigenvalue weighted by Gasteiger charge is -2.15. The molecule has 0 unspecified atom stereocenters. The van der Waals surface area contributed by atoms with E-state index < -0.39 is 23.8 Å². The molecule has 174 valence electrons. The highest BCUT2D eigenvalue weighted by molar-refractivity contribution is 5.96. The van der Waals surface area contributed by atoms with Crippen molar-refractivity contribution in [1.82, 2.24) is 5.32 Å². The molecular formula is C26H23FN2O5. The molecule has 3 N–H and O–H groups in total. The van der Waals surface area contributed by atoms with Gasteiger partial charge < -0.3 is 15.2 Å². The highest BCUT2D eigenvalue weighted by Crippen LogP contribution is 2.44. The third-order valence-corrected chi connectivity index (χ3v) is 5.60. The van der Waals surface area contributed by atoms with Gasteiger partial charge in [0.2, 0.25) is 0 Å². The van der Waals surface area contributed by atoms with Gasteiger partial charge in [-0.1, -0.05) is 48.5 Å². The van der Waals surface area contributed by atoms with E-state index in [4.69, 9.17) is 9.84 Å². The van der Waals surface area contributed by atoms with Crippen molar-refractivity contribution < 1.29 is 28.6 Å². The van der Waals surface area contributed by atoms with Crippen LogP contribution in [0, 0.1) is 5.82 Å². The van der Waals surface area contributed by atoms with Crippen LogP contribution in [0.4, 0.5) is 14.9 Å². The van der Waals surface area contributed by atoms with Crippen LogP contribution in [0.1, 0.15) is 40.2 Å². The number of ether oxygens (including phenoxy) is 1. The molecule has 1 aliphatic rings. The predicted molar refractivity (Wildman–Crippen MR) is 124 cm³/mol. The first kappa shape index (κ1) is 23.0. The third kappa shape index (κ3) is 5.23. The summed E-state index contributed by atoms with van der Waals surface area (Å²) in [6.07, 6.45) is -0.598. The maximum Gasteiger partial charge on any atom is 0.411 e. The van der Waals surface area contributed by atoms with E-state index >= 15 is 0 Å². The van der Waals surface area contributed by atoms with Gasteiger partial charge in [0.25, 0.3) is 5.91 Å². The molecule has 0 aromatic heterocycles. The average molecular weight is 462 g/mol. The number of carbonyl (C=O) groups is 3. The second-order valence-corrected chi connectivity index (χ2v) is 7.93. The Kier molecular flexibility index (Phi) is 6.87. The lowest BCUT2D eigenvalue weighted by Crippen LogP contribution is -2.25. The fourth-order valence-corrected chi connectivity index (χ4v) is 4.09. The van der Waals surface area contributed by atoms with Crippen LogP contribution in [0.25, 0.3) is 11.1 Å². The lowest BCUT2D eigenvalue weighted by molar-refractivity contribution is -0.137. The summed E-state index contributed by atoms with van der Waals surface area (Å²) in [5, 5.41) is 13.7. The fraction of sp³-hybridized carbons (Fsp3) is 0.192. The minimum atomic E-state index is -0.963. The largest absolute Gasteiger partial charge is 0.481 e. The van der Waals surface area contributed by atoms with Crippen LogP contribution in [-0.2, 0) is 9.53 Å². The van der Waals surface area contributed by atoms with Gasteiger partial charge in [-0.25, -0.2) is 9.18 Å². The van der Waals surface area contributed by atoms with Crippen LogP contribution in [0.5, 0.6) is 0 Å². The Morgan fingerprint density at radius 1 is 0.941 bits per heavy atom. The average Bonchev–Trinajstić information content (AvgIpc) is 3.13. The van der Waals surface area contributed by atoms with Gasteiger partial charge in [-0.05, 0) is 46.9 Å². The van der Waals surface area contributed by atoms with Gasteiger partial charge in [0.05, 0.1) is 0 Å². The standard InChI is InChI=1S/C26H23FN2O5/c27-17-12-16(25(32)28-11-5-10-24(30)31)13-18(14-17)29-26(33)34-15-23-21-8-3-1-6-19(21)20-7-2-4-9-22(20)23/h1-4,6-9,12-14,23H,5,10-11,15H2,(H,28,32)(H,29,33)(H,30,31). The van der Waals surface area contributed by atoms with Gasteiger partial charge in [0, 0.05) is 30.1 Å². The van der Waals surface area contributed by atoms with Crippen molar-refractivity contribution in [3.63, 3.8) is 0 Å². The molecule has 34 heavy (non-hydrogen) atoms. The number of carboxylic acid groups (broad SMARTS) is 1. The highest BCUT2D eigenvalue weighted by atomic mass is 19.1. The number of halogens is 1. The van der Waals surface area contributed by atoms with Gasteiger partial charge in [0.1, 0.15) is 12.4 Å². The van der Waals surface area contributed by atoms with Crippen molar-refractivity contribution in [2.45, 2.75) is 18.8 Å². The van der Waals surface area contributed by atoms with Gasteiger partial charge in [-0.3, -0.25) is 14.9 Å². The fourth-order valence-electron chi connectivity index (χ4n) is 4.09. The van der Waals surface area contributed by atoms with Gasteiger partial charge >= 0.3 is 12.1 Å². The summed E-state index contributed by atoms with van der Waals surface area (Å²) in [7, 11) is 0. The maximum absolute atomic E-state index is 14.0. The Bertz CT molecular complexity index is 1200. The molecule has 0 saturated carbocycles. The molecule has 3 aromatic carbocycles. The molecule has 0 bridgehead atoms. The maximum atomic E-state index is 14.0. The zero-order valence-electron chi connectivity index (χ0n) is 18.2. The zero-order chi connectivity index (χ0) is 24.1. The van der Waals surface area contributed by atoms with Crippen molar-refractivity contribution in [1.29, 1.82) is 0 Å². The number of anilines is 1. The van der Waals surface area contributed by atoms with Crippen LogP contribution in [-0.4, -0.2) is 36.2 Å². The Morgan fingerprint density at radius 2 is 1.59 bits per heavy atom. The van der Waals surface area contributed by atoms with Gasteiger partial charge in [-0.15, -0.1) is 0 Å². The van der Waals surface area contributed by atoms with Crippen LogP contribution in [0.3, 0.4) is 0 Å². The second kappa shape index (κ2) is 10.2. The molecule has 8 heteroatoms. The van der Waals surface area contributed by atoms with E-state index in [2.05, 4.69) is 10.6 Å². The van der Waals surface area contributed by atoms with E-state index in [1.165, 1.54) is 6.07 Å². The third-order valence-electron chi connectivity index (χ3n) is 5.60. The number of aliphatic carboxylic acids is 1. The first-order valence-electron chi connectivity index (χ1n) is 10.8. The first-order valence-corrected chi connectivity index (χ1v) is 10.8. The van der Waals surface area contributed by atoms with Crippen molar-refractivity contribution in [3.8, 4) is 11.1 Å². The molecular weight excluding hydrogens is 439 g/mol. The Hall–Kier alpha value is -4.20. The van der Waals surface area contributed by atoms with Crippen LogP contribution < -0.4 is 10.6 Å². The topological polar surface area (TPSA) is 105 Å². The summed E-state index contributed by atoms with van der Waals surface area (Å²) in [5.74, 6) is -2.35. The molecule has 2 amide bonds. The molecule has 0 saturated heterocycles. The van der Waals surface area contributed by atoms with E-state index in [9.17, 15) is 18.8 Å². The molecule has 0 radical (unpaired) electrons. The molecule has 1 aliphatic carbocycles. The highest BCUT2D eigenvalue weighted by Gasteiger charge is 2.29. The normalized spacial score (nSPS) is 11.9. The van der Waals surface area contributed by atoms with E-state index in [0.717, 1.165) is 34.4 Å². The predicted octanol–water partition coefficient (Wildman–Crippen LogP) is 4.78. The summed E-state index contributed by atoms with van der Waals surface area (Å²) in [4.78, 5) is 35.2. The smallest absolute Gasteiger partial charge is 0.411 e. The number of nitrogens with one attached hydrogen (secondary N) is 2. The Labute approximate surface area is 195 Å². The summed E-state index contributed by atoms with van der Waals surface area (Å²) < 4.78 is 19.5. The van der Waals surface area contributed by atoms with Crippen molar-refractivity contribution >= 4 is 23.7 Å². The molecule has 4 rings (SSSR count). The summed E-state index contributed by atoms with van der Waals surface area (Å²) in [5.41, 5.74) is 4.44. The van der Waals surface area contributed by atoms with E-state index in [-0.39, 0.29) is 43.2 Å². The van der Waals surface area contributed by atoms with Gasteiger partial charge in [0.15, 0.2) is 0 Å². The Morgan fingerprint density at radius 3 is 2.24 bits per heavy atom. The van der Waals surface area contributed by atoms with Gasteiger partial charge in [-0.2, -0.15) is 0 Å². The minimum Gasteiger partial charge on any atom is -0.481 e. The molecule has 0 fully saturated rings. The number of rotatable bonds is 8. The summed E-state index contributed by atoms with van der Waals surface area (Å²) in [6, 6.07) is 19.4. The molecule has 0 atom stereocenters. The first-order chi connectivity index (χ1) is 16.4. The van der Waals surface area contributed by atoms with E-state index in [1.807, 2.05) is 48.5 Å². The zero-order valence-corrected chi connectivity index (χ0v) is 18.2. The van der Waals surface area contributed by atoms with Crippen molar-refractivity contribution in [3.05, 3.63) is 89.2 Å². The molecule has 3 aromatic rings. The van der Waals surface area contributed by atoms with Crippen molar-refractivity contribution in [2.75, 3.05) is 18.5 Å². The number of benzene rings is 3.